The van der Waals surface area contributed by atoms with Gasteiger partial charge in [0.15, 0.2) is 5.82 Å². The number of rotatable bonds is 6. The number of hydrogen-bond acceptors (Lipinski definition) is 8. The monoisotopic (exact) mass is 485 g/mol. The second-order valence-corrected chi connectivity index (χ2v) is 8.83. The number of carbonyl (C=O) groups is 1. The van der Waals surface area contributed by atoms with Crippen molar-refractivity contribution in [2.24, 2.45) is 0 Å². The van der Waals surface area contributed by atoms with Crippen molar-refractivity contribution in [2.75, 3.05) is 11.9 Å². The van der Waals surface area contributed by atoms with Gasteiger partial charge >= 0.3 is 6.03 Å². The maximum absolute atomic E-state index is 12.1. The Bertz CT molecular complexity index is 1420. The number of amides is 2. The van der Waals surface area contributed by atoms with Gasteiger partial charge in [-0.2, -0.15) is 0 Å². The summed E-state index contributed by atoms with van der Waals surface area (Å²) in [7, 11) is 0. The van der Waals surface area contributed by atoms with Crippen LogP contribution in [-0.2, 0) is 0 Å². The van der Waals surface area contributed by atoms with Crippen LogP contribution >= 0.6 is 22.7 Å². The maximum Gasteiger partial charge on any atom is 0.320 e. The summed E-state index contributed by atoms with van der Waals surface area (Å²) < 4.78 is 0. The first-order chi connectivity index (χ1) is 16.7. The minimum Gasteiger partial charge on any atom is -0.338 e. The number of aromatic nitrogens is 5. The van der Waals surface area contributed by atoms with Gasteiger partial charge in [-0.3, -0.25) is 5.32 Å². The number of nitrogens with zero attached hydrogens (tertiary/aromatic N) is 5. The molecule has 10 heteroatoms. The van der Waals surface area contributed by atoms with E-state index in [-0.39, 0.29) is 6.03 Å². The number of urea groups is 1. The zero-order valence-corrected chi connectivity index (χ0v) is 19.7. The van der Waals surface area contributed by atoms with E-state index in [0.29, 0.717) is 23.9 Å². The molecule has 4 heterocycles. The van der Waals surface area contributed by atoms with Crippen LogP contribution in [0, 0.1) is 0 Å². The molecular weight excluding hydrogens is 466 g/mol. The van der Waals surface area contributed by atoms with Gasteiger partial charge in [0.1, 0.15) is 21.5 Å². The van der Waals surface area contributed by atoms with Crippen LogP contribution in [0.2, 0.25) is 0 Å². The lowest BCUT2D eigenvalue weighted by molar-refractivity contribution is 0.252. The number of anilines is 1. The fraction of sp³-hybridized carbons (Fsp3) is 0.0833. The van der Waals surface area contributed by atoms with Crippen LogP contribution in [-0.4, -0.2) is 37.5 Å². The normalized spacial score (nSPS) is 10.7. The molecule has 0 unspecified atom stereocenters. The molecule has 2 N–H and O–H groups in total. The van der Waals surface area contributed by atoms with Crippen LogP contribution < -0.4 is 10.6 Å². The molecule has 8 nitrogen and oxygen atoms in total. The van der Waals surface area contributed by atoms with Crippen molar-refractivity contribution >= 4 is 34.5 Å². The minimum absolute atomic E-state index is 0.310. The van der Waals surface area contributed by atoms with Crippen LogP contribution in [0.25, 0.3) is 43.9 Å². The van der Waals surface area contributed by atoms with E-state index >= 15 is 0 Å². The van der Waals surface area contributed by atoms with Crippen LogP contribution in [0.4, 0.5) is 10.6 Å². The number of hydrogen-bond donors (Lipinski definition) is 2. The highest BCUT2D eigenvalue weighted by Gasteiger charge is 2.18. The molecule has 0 aliphatic carbocycles. The number of benzene rings is 1. The molecule has 4 aromatic heterocycles. The van der Waals surface area contributed by atoms with Crippen LogP contribution in [0.5, 0.6) is 0 Å². The van der Waals surface area contributed by atoms with Crippen molar-refractivity contribution in [2.45, 2.75) is 6.92 Å². The van der Waals surface area contributed by atoms with E-state index in [2.05, 4.69) is 25.6 Å². The van der Waals surface area contributed by atoms with Gasteiger partial charge in [-0.15, -0.1) is 22.7 Å². The first kappa shape index (κ1) is 21.8. The zero-order chi connectivity index (χ0) is 23.3. The molecule has 0 aliphatic rings. The molecule has 2 amide bonds. The summed E-state index contributed by atoms with van der Waals surface area (Å²) in [6.45, 7) is 2.38. The lowest BCUT2D eigenvalue weighted by Crippen LogP contribution is -2.28. The summed E-state index contributed by atoms with van der Waals surface area (Å²) in [5.41, 5.74) is 4.28. The summed E-state index contributed by atoms with van der Waals surface area (Å²) in [6.07, 6.45) is 5.10. The quantitative estimate of drug-likeness (QED) is 0.325. The van der Waals surface area contributed by atoms with Crippen molar-refractivity contribution in [1.82, 2.24) is 30.2 Å². The van der Waals surface area contributed by atoms with Crippen LogP contribution in [0.3, 0.4) is 0 Å². The van der Waals surface area contributed by atoms with Gasteiger partial charge < -0.3 is 5.32 Å². The first-order valence-electron chi connectivity index (χ1n) is 10.5. The molecule has 0 spiro atoms. The summed E-state index contributed by atoms with van der Waals surface area (Å²) in [4.78, 5) is 34.7. The summed E-state index contributed by atoms with van der Waals surface area (Å²) in [5, 5.41) is 11.0. The van der Waals surface area contributed by atoms with Crippen molar-refractivity contribution in [3.05, 3.63) is 71.8 Å². The van der Waals surface area contributed by atoms with E-state index in [1.165, 1.54) is 22.7 Å². The van der Waals surface area contributed by atoms with Gasteiger partial charge in [0.2, 0.25) is 0 Å². The Morgan fingerprint density at radius 2 is 1.59 bits per heavy atom. The molecule has 0 saturated carbocycles. The molecule has 0 fully saturated rings. The summed E-state index contributed by atoms with van der Waals surface area (Å²) in [6, 6.07) is 13.3. The molecule has 0 aliphatic heterocycles. The van der Waals surface area contributed by atoms with Gasteiger partial charge in [0, 0.05) is 52.6 Å². The Kier molecular flexibility index (Phi) is 6.32. The second kappa shape index (κ2) is 9.86. The van der Waals surface area contributed by atoms with Gasteiger partial charge in [0.05, 0.1) is 5.69 Å². The van der Waals surface area contributed by atoms with Crippen molar-refractivity contribution in [3.63, 3.8) is 0 Å². The van der Waals surface area contributed by atoms with Crippen LogP contribution in [0.1, 0.15) is 6.92 Å². The largest absolute Gasteiger partial charge is 0.338 e. The molecule has 0 radical (unpaired) electrons. The lowest BCUT2D eigenvalue weighted by Gasteiger charge is -2.09. The first-order valence-corrected chi connectivity index (χ1v) is 12.3. The fourth-order valence-electron chi connectivity index (χ4n) is 3.26. The number of carbonyl (C=O) groups excluding carboxylic acids is 1. The highest BCUT2D eigenvalue weighted by Crippen LogP contribution is 2.38. The predicted molar refractivity (Wildman–Crippen MR) is 136 cm³/mol. The standard InChI is InChI=1S/C24H19N7OS2/c1-2-25-24(32)31-20-11-16(22-29-18(13-33-22)15-7-4-3-5-8-15)17(12-28-20)23-30-19(14-34-23)21-26-9-6-10-27-21/h3-14H,2H2,1H3,(H2,25,28,31,32). The molecule has 168 valence electrons. The third kappa shape index (κ3) is 4.68. The van der Waals surface area contributed by atoms with Crippen LogP contribution in [0.15, 0.2) is 71.8 Å². The minimum atomic E-state index is -0.310. The molecule has 5 aromatic rings. The highest BCUT2D eigenvalue weighted by molar-refractivity contribution is 7.14. The van der Waals surface area contributed by atoms with Gasteiger partial charge in [-0.1, -0.05) is 30.3 Å². The van der Waals surface area contributed by atoms with Crippen molar-refractivity contribution in [3.8, 4) is 43.9 Å². The van der Waals surface area contributed by atoms with E-state index in [9.17, 15) is 4.79 Å². The zero-order valence-electron chi connectivity index (χ0n) is 18.1. The van der Waals surface area contributed by atoms with E-state index in [1.807, 2.05) is 54.1 Å². The molecule has 0 bridgehead atoms. The Morgan fingerprint density at radius 3 is 2.35 bits per heavy atom. The summed E-state index contributed by atoms with van der Waals surface area (Å²) >= 11 is 3.02. The number of pyridine rings is 1. The SMILES string of the molecule is CCNC(=O)Nc1cc(-c2nc(-c3ccccc3)cs2)c(-c2nc(-c3ncccn3)cs2)cn1. The van der Waals surface area contributed by atoms with Crippen molar-refractivity contribution < 1.29 is 4.79 Å². The predicted octanol–water partition coefficient (Wildman–Crippen LogP) is 5.59. The van der Waals surface area contributed by atoms with Gasteiger partial charge in [0.25, 0.3) is 0 Å². The second-order valence-electron chi connectivity index (χ2n) is 7.11. The fourth-order valence-corrected chi connectivity index (χ4v) is 4.94. The van der Waals surface area contributed by atoms with E-state index in [4.69, 9.17) is 9.97 Å². The number of nitrogens with one attached hydrogen (secondary N) is 2. The third-order valence-corrected chi connectivity index (χ3v) is 6.57. The molecule has 34 heavy (non-hydrogen) atoms. The van der Waals surface area contributed by atoms with Gasteiger partial charge in [-0.25, -0.2) is 29.7 Å². The Balaban J connectivity index is 1.56. The Labute approximate surface area is 203 Å². The van der Waals surface area contributed by atoms with E-state index < -0.39 is 0 Å². The third-order valence-electron chi connectivity index (χ3n) is 4.82. The van der Waals surface area contributed by atoms with Crippen molar-refractivity contribution in [1.29, 1.82) is 0 Å². The Hall–Kier alpha value is -4.02. The van der Waals surface area contributed by atoms with E-state index in [1.54, 1.807) is 24.7 Å². The summed E-state index contributed by atoms with van der Waals surface area (Å²) in [5.74, 6) is 0.999. The Morgan fingerprint density at radius 1 is 0.882 bits per heavy atom. The average Bonchev–Trinajstić information content (AvgIpc) is 3.56. The topological polar surface area (TPSA) is 106 Å². The molecule has 0 saturated heterocycles. The highest BCUT2D eigenvalue weighted by atomic mass is 32.1. The maximum atomic E-state index is 12.1. The van der Waals surface area contributed by atoms with Gasteiger partial charge in [-0.05, 0) is 19.1 Å². The smallest absolute Gasteiger partial charge is 0.320 e. The lowest BCUT2D eigenvalue weighted by atomic mass is 10.1. The molecule has 5 rings (SSSR count). The molecular formula is C24H19N7OS2. The average molecular weight is 486 g/mol. The molecule has 1 aromatic carbocycles. The molecule has 0 atom stereocenters. The van der Waals surface area contributed by atoms with E-state index in [0.717, 1.165) is 32.4 Å². The number of thiazole rings is 2.